The van der Waals surface area contributed by atoms with Crippen molar-refractivity contribution in [2.45, 2.75) is 45.6 Å². The number of pyridine rings is 1. The molecule has 0 radical (unpaired) electrons. The van der Waals surface area contributed by atoms with Crippen molar-refractivity contribution < 1.29 is 4.74 Å². The quantitative estimate of drug-likeness (QED) is 0.815. The summed E-state index contributed by atoms with van der Waals surface area (Å²) in [6.45, 7) is 4.29. The minimum Gasteiger partial charge on any atom is -0.474 e. The lowest BCUT2D eigenvalue weighted by atomic mass is 9.89. The average molecular weight is 284 g/mol. The van der Waals surface area contributed by atoms with Crippen molar-refractivity contribution in [3.63, 3.8) is 0 Å². The first-order valence-electron chi connectivity index (χ1n) is 5.95. The number of aromatic nitrogens is 1. The van der Waals surface area contributed by atoms with Gasteiger partial charge in [-0.05, 0) is 54.1 Å². The molecule has 2 atom stereocenters. The molecule has 0 bridgehead atoms. The van der Waals surface area contributed by atoms with Crippen molar-refractivity contribution in [2.75, 3.05) is 0 Å². The van der Waals surface area contributed by atoms with E-state index in [0.717, 1.165) is 28.4 Å². The molecular weight excluding hydrogens is 266 g/mol. The number of halogens is 1. The molecule has 3 heteroatoms. The Morgan fingerprint density at radius 2 is 2.19 bits per heavy atom. The van der Waals surface area contributed by atoms with Gasteiger partial charge >= 0.3 is 0 Å². The van der Waals surface area contributed by atoms with Crippen LogP contribution in [-0.4, -0.2) is 11.1 Å². The fourth-order valence-corrected chi connectivity index (χ4v) is 2.46. The molecule has 1 heterocycles. The molecule has 88 valence electrons. The standard InChI is InChI=1S/C13H18BrNO/c1-9-4-3-5-11(8-9)16-13-7-6-12(14)10(2)15-13/h6-7,9,11H,3-5,8H2,1-2H3. The van der Waals surface area contributed by atoms with E-state index < -0.39 is 0 Å². The molecule has 16 heavy (non-hydrogen) atoms. The first kappa shape index (κ1) is 11.9. The van der Waals surface area contributed by atoms with Gasteiger partial charge in [-0.25, -0.2) is 4.98 Å². The number of hydrogen-bond donors (Lipinski definition) is 0. The van der Waals surface area contributed by atoms with Crippen LogP contribution in [0.1, 0.15) is 38.3 Å². The molecule has 1 aliphatic rings. The van der Waals surface area contributed by atoms with E-state index in [4.69, 9.17) is 4.74 Å². The number of aryl methyl sites for hydroxylation is 1. The third-order valence-electron chi connectivity index (χ3n) is 3.17. The topological polar surface area (TPSA) is 22.1 Å². The maximum atomic E-state index is 5.93. The maximum absolute atomic E-state index is 5.93. The largest absolute Gasteiger partial charge is 0.474 e. The number of ether oxygens (including phenoxy) is 1. The summed E-state index contributed by atoms with van der Waals surface area (Å²) >= 11 is 3.45. The molecule has 0 N–H and O–H groups in total. The molecule has 0 aliphatic heterocycles. The van der Waals surface area contributed by atoms with Crippen LogP contribution in [0.15, 0.2) is 16.6 Å². The highest BCUT2D eigenvalue weighted by atomic mass is 79.9. The van der Waals surface area contributed by atoms with E-state index in [2.05, 4.69) is 27.8 Å². The molecular formula is C13H18BrNO. The fraction of sp³-hybridized carbons (Fsp3) is 0.615. The lowest BCUT2D eigenvalue weighted by Gasteiger charge is -2.27. The van der Waals surface area contributed by atoms with Crippen LogP contribution in [0.3, 0.4) is 0 Å². The highest BCUT2D eigenvalue weighted by molar-refractivity contribution is 9.10. The molecule has 1 saturated carbocycles. The first-order valence-corrected chi connectivity index (χ1v) is 6.74. The number of rotatable bonds is 2. The summed E-state index contributed by atoms with van der Waals surface area (Å²) in [7, 11) is 0. The summed E-state index contributed by atoms with van der Waals surface area (Å²) in [5, 5.41) is 0. The second-order valence-corrected chi connectivity index (χ2v) is 5.58. The Hall–Kier alpha value is -0.570. The summed E-state index contributed by atoms with van der Waals surface area (Å²) in [5.41, 5.74) is 0.987. The zero-order chi connectivity index (χ0) is 11.5. The van der Waals surface area contributed by atoms with Gasteiger partial charge in [0.05, 0.1) is 5.69 Å². The van der Waals surface area contributed by atoms with Gasteiger partial charge in [-0.15, -0.1) is 0 Å². The molecule has 2 rings (SSSR count). The summed E-state index contributed by atoms with van der Waals surface area (Å²) in [5.74, 6) is 1.55. The Labute approximate surface area is 106 Å². The van der Waals surface area contributed by atoms with Gasteiger partial charge in [-0.3, -0.25) is 0 Å². The third-order valence-corrected chi connectivity index (χ3v) is 4.01. The highest BCUT2D eigenvalue weighted by Crippen LogP contribution is 2.27. The summed E-state index contributed by atoms with van der Waals surface area (Å²) in [4.78, 5) is 4.42. The summed E-state index contributed by atoms with van der Waals surface area (Å²) < 4.78 is 6.97. The smallest absolute Gasteiger partial charge is 0.213 e. The average Bonchev–Trinajstić information content (AvgIpc) is 2.24. The molecule has 1 aromatic heterocycles. The van der Waals surface area contributed by atoms with Crippen molar-refractivity contribution in [1.82, 2.24) is 4.98 Å². The van der Waals surface area contributed by atoms with E-state index in [-0.39, 0.29) is 0 Å². The third kappa shape index (κ3) is 2.97. The molecule has 1 aliphatic carbocycles. The van der Waals surface area contributed by atoms with Crippen molar-refractivity contribution >= 4 is 15.9 Å². The van der Waals surface area contributed by atoms with Gasteiger partial charge in [0.25, 0.3) is 0 Å². The van der Waals surface area contributed by atoms with Gasteiger partial charge in [0, 0.05) is 10.5 Å². The maximum Gasteiger partial charge on any atom is 0.213 e. The zero-order valence-electron chi connectivity index (χ0n) is 9.87. The second kappa shape index (κ2) is 5.17. The van der Waals surface area contributed by atoms with Crippen LogP contribution >= 0.6 is 15.9 Å². The molecule has 2 nitrogen and oxygen atoms in total. The van der Waals surface area contributed by atoms with Crippen molar-refractivity contribution in [3.05, 3.63) is 22.3 Å². The SMILES string of the molecule is Cc1nc(OC2CCCC(C)C2)ccc1Br. The number of nitrogens with zero attached hydrogens (tertiary/aromatic N) is 1. The monoisotopic (exact) mass is 283 g/mol. The Balaban J connectivity index is 2.00. The van der Waals surface area contributed by atoms with Crippen LogP contribution in [0.2, 0.25) is 0 Å². The van der Waals surface area contributed by atoms with Crippen molar-refractivity contribution in [2.24, 2.45) is 5.92 Å². The van der Waals surface area contributed by atoms with Crippen LogP contribution in [0.4, 0.5) is 0 Å². The first-order chi connectivity index (χ1) is 7.65. The van der Waals surface area contributed by atoms with Crippen LogP contribution in [0, 0.1) is 12.8 Å². The minimum absolute atomic E-state index is 0.358. The molecule has 0 spiro atoms. The van der Waals surface area contributed by atoms with Gasteiger partial charge in [0.2, 0.25) is 5.88 Å². The minimum atomic E-state index is 0.358. The van der Waals surface area contributed by atoms with Crippen LogP contribution < -0.4 is 4.74 Å². The van der Waals surface area contributed by atoms with E-state index in [1.165, 1.54) is 19.3 Å². The zero-order valence-corrected chi connectivity index (χ0v) is 11.5. The lowest BCUT2D eigenvalue weighted by Crippen LogP contribution is -2.24. The van der Waals surface area contributed by atoms with Crippen molar-refractivity contribution in [1.29, 1.82) is 0 Å². The van der Waals surface area contributed by atoms with E-state index in [9.17, 15) is 0 Å². The molecule has 2 unspecified atom stereocenters. The molecule has 1 aromatic rings. The van der Waals surface area contributed by atoms with Gasteiger partial charge < -0.3 is 4.74 Å². The van der Waals surface area contributed by atoms with Crippen LogP contribution in [0.5, 0.6) is 5.88 Å². The van der Waals surface area contributed by atoms with Gasteiger partial charge in [-0.2, -0.15) is 0 Å². The van der Waals surface area contributed by atoms with Crippen LogP contribution in [-0.2, 0) is 0 Å². The molecule has 0 amide bonds. The van der Waals surface area contributed by atoms with E-state index >= 15 is 0 Å². The van der Waals surface area contributed by atoms with E-state index in [1.54, 1.807) is 0 Å². The molecule has 1 fully saturated rings. The Bertz CT molecular complexity index is 367. The summed E-state index contributed by atoms with van der Waals surface area (Å²) in [6, 6.07) is 3.94. The van der Waals surface area contributed by atoms with Gasteiger partial charge in [0.1, 0.15) is 6.10 Å². The lowest BCUT2D eigenvalue weighted by molar-refractivity contribution is 0.123. The predicted octanol–water partition coefficient (Wildman–Crippen LogP) is 4.11. The Morgan fingerprint density at radius 1 is 1.38 bits per heavy atom. The fourth-order valence-electron chi connectivity index (χ4n) is 2.24. The normalized spacial score (nSPS) is 25.4. The van der Waals surface area contributed by atoms with Crippen LogP contribution in [0.25, 0.3) is 0 Å². The Kier molecular flexibility index (Phi) is 3.85. The number of hydrogen-bond acceptors (Lipinski definition) is 2. The predicted molar refractivity (Wildman–Crippen MR) is 68.7 cm³/mol. The Morgan fingerprint density at radius 3 is 2.88 bits per heavy atom. The molecule has 0 saturated heterocycles. The highest BCUT2D eigenvalue weighted by Gasteiger charge is 2.20. The van der Waals surface area contributed by atoms with Crippen molar-refractivity contribution in [3.8, 4) is 5.88 Å². The summed E-state index contributed by atoms with van der Waals surface area (Å²) in [6.07, 6.45) is 5.31. The van der Waals surface area contributed by atoms with Gasteiger partial charge in [-0.1, -0.05) is 13.3 Å². The van der Waals surface area contributed by atoms with Gasteiger partial charge in [0.15, 0.2) is 0 Å². The van der Waals surface area contributed by atoms with E-state index in [0.29, 0.717) is 6.10 Å². The second-order valence-electron chi connectivity index (χ2n) is 4.73. The molecule has 0 aromatic carbocycles. The van der Waals surface area contributed by atoms with E-state index in [1.807, 2.05) is 19.1 Å².